The van der Waals surface area contributed by atoms with Crippen molar-refractivity contribution in [3.8, 4) is 0 Å². The van der Waals surface area contributed by atoms with Crippen LogP contribution >= 0.6 is 23.1 Å². The maximum Gasteiger partial charge on any atom is 0.417 e. The minimum absolute atomic E-state index is 0.388. The molecule has 0 aromatic carbocycles. The first-order chi connectivity index (χ1) is 9.91. The molecule has 0 spiro atoms. The highest BCUT2D eigenvalue weighted by Crippen LogP contribution is 2.31. The van der Waals surface area contributed by atoms with Crippen LogP contribution in [0.2, 0.25) is 0 Å². The van der Waals surface area contributed by atoms with Crippen LogP contribution in [0.3, 0.4) is 0 Å². The van der Waals surface area contributed by atoms with E-state index in [9.17, 15) is 18.0 Å². The van der Waals surface area contributed by atoms with Gasteiger partial charge in [0.1, 0.15) is 0 Å². The third-order valence-electron chi connectivity index (χ3n) is 2.52. The van der Waals surface area contributed by atoms with Crippen molar-refractivity contribution < 1.29 is 18.0 Å². The van der Waals surface area contributed by atoms with E-state index in [1.165, 1.54) is 29.2 Å². The molecule has 0 saturated carbocycles. The number of carbonyl (C=O) groups excluding carboxylic acids is 1. The normalized spacial score (nSPS) is 11.4. The fourth-order valence-corrected chi connectivity index (χ4v) is 3.25. The number of nitrogens with zero attached hydrogens (tertiary/aromatic N) is 1. The number of pyridine rings is 1. The summed E-state index contributed by atoms with van der Waals surface area (Å²) in [5, 5.41) is 2.20. The van der Waals surface area contributed by atoms with Crippen LogP contribution in [0.15, 0.2) is 34.8 Å². The summed E-state index contributed by atoms with van der Waals surface area (Å²) in [7, 11) is 0. The Morgan fingerprint density at radius 2 is 2.14 bits per heavy atom. The summed E-state index contributed by atoms with van der Waals surface area (Å²) in [6, 6.07) is 4.06. The van der Waals surface area contributed by atoms with Crippen LogP contribution in [0.25, 0.3) is 0 Å². The quantitative estimate of drug-likeness (QED) is 0.390. The van der Waals surface area contributed by atoms with Crippen molar-refractivity contribution in [3.05, 3.63) is 45.8 Å². The smallest absolute Gasteiger partial charge is 0.289 e. The van der Waals surface area contributed by atoms with E-state index in [1.54, 1.807) is 11.4 Å². The lowest BCUT2D eigenvalue weighted by atomic mass is 10.3. The van der Waals surface area contributed by atoms with Crippen molar-refractivity contribution in [3.63, 3.8) is 0 Å². The highest BCUT2D eigenvalue weighted by Gasteiger charge is 2.30. The predicted octanol–water partition coefficient (Wildman–Crippen LogP) is 3.06. The number of hydrogen-bond donors (Lipinski definition) is 2. The lowest BCUT2D eigenvalue weighted by Gasteiger charge is -2.07. The molecule has 0 aliphatic heterocycles. The number of nitrogens with one attached hydrogen (secondary N) is 1. The number of rotatable bonds is 4. The minimum Gasteiger partial charge on any atom is -0.289 e. The van der Waals surface area contributed by atoms with Crippen LogP contribution in [0, 0.1) is 0 Å². The zero-order chi connectivity index (χ0) is 15.5. The highest BCUT2D eigenvalue weighted by molar-refractivity contribution is 7.98. The van der Waals surface area contributed by atoms with Gasteiger partial charge < -0.3 is 0 Å². The average molecular weight is 333 g/mol. The maximum absolute atomic E-state index is 12.4. The van der Waals surface area contributed by atoms with Crippen molar-refractivity contribution in [1.82, 2.24) is 10.4 Å². The lowest BCUT2D eigenvalue weighted by molar-refractivity contribution is -0.137. The molecule has 9 heteroatoms. The van der Waals surface area contributed by atoms with Gasteiger partial charge in [-0.05, 0) is 29.1 Å². The number of thiophene rings is 1. The SMILES string of the molecule is NNC(=O)c1sccc1CSc1ccc(C(F)(F)F)cn1. The van der Waals surface area contributed by atoms with Crippen LogP contribution in [0.5, 0.6) is 0 Å². The molecule has 0 aliphatic rings. The zero-order valence-electron chi connectivity index (χ0n) is 10.5. The molecule has 112 valence electrons. The van der Waals surface area contributed by atoms with Gasteiger partial charge in [-0.15, -0.1) is 23.1 Å². The van der Waals surface area contributed by atoms with E-state index in [1.807, 2.05) is 0 Å². The average Bonchev–Trinajstić information content (AvgIpc) is 2.92. The molecule has 21 heavy (non-hydrogen) atoms. The molecule has 0 unspecified atom stereocenters. The molecule has 4 nitrogen and oxygen atoms in total. The number of hydrazine groups is 1. The molecular weight excluding hydrogens is 323 g/mol. The van der Waals surface area contributed by atoms with E-state index in [4.69, 9.17) is 5.84 Å². The Hall–Kier alpha value is -1.58. The monoisotopic (exact) mass is 333 g/mol. The van der Waals surface area contributed by atoms with Crippen molar-refractivity contribution in [2.24, 2.45) is 5.84 Å². The van der Waals surface area contributed by atoms with Gasteiger partial charge in [-0.1, -0.05) is 0 Å². The van der Waals surface area contributed by atoms with Gasteiger partial charge in [-0.3, -0.25) is 10.2 Å². The number of amides is 1. The molecule has 0 saturated heterocycles. The van der Waals surface area contributed by atoms with Crippen LogP contribution < -0.4 is 11.3 Å². The predicted molar refractivity (Wildman–Crippen MR) is 74.8 cm³/mol. The summed E-state index contributed by atoms with van der Waals surface area (Å²) in [6.07, 6.45) is -3.60. The van der Waals surface area contributed by atoms with Gasteiger partial charge in [-0.25, -0.2) is 10.8 Å². The van der Waals surface area contributed by atoms with Crippen LogP contribution in [-0.2, 0) is 11.9 Å². The van der Waals surface area contributed by atoms with E-state index in [-0.39, 0.29) is 5.91 Å². The number of alkyl halides is 3. The molecule has 2 rings (SSSR count). The third kappa shape index (κ3) is 3.96. The molecule has 1 amide bonds. The topological polar surface area (TPSA) is 68.0 Å². The van der Waals surface area contributed by atoms with E-state index in [0.717, 1.165) is 17.8 Å². The Labute approximate surface area is 126 Å². The van der Waals surface area contributed by atoms with E-state index >= 15 is 0 Å². The lowest BCUT2D eigenvalue weighted by Crippen LogP contribution is -2.29. The second kappa shape index (κ2) is 6.46. The number of aromatic nitrogens is 1. The summed E-state index contributed by atoms with van der Waals surface area (Å²) in [4.78, 5) is 15.7. The highest BCUT2D eigenvalue weighted by atomic mass is 32.2. The van der Waals surface area contributed by atoms with E-state index in [2.05, 4.69) is 10.4 Å². The van der Waals surface area contributed by atoms with E-state index < -0.39 is 11.7 Å². The first kappa shape index (κ1) is 15.8. The Balaban J connectivity index is 2.04. The zero-order valence-corrected chi connectivity index (χ0v) is 12.1. The fourth-order valence-electron chi connectivity index (χ4n) is 1.50. The Morgan fingerprint density at radius 1 is 1.38 bits per heavy atom. The first-order valence-electron chi connectivity index (χ1n) is 5.65. The molecule has 0 fully saturated rings. The Morgan fingerprint density at radius 3 is 2.71 bits per heavy atom. The third-order valence-corrected chi connectivity index (χ3v) is 4.47. The summed E-state index contributed by atoms with van der Waals surface area (Å²) in [5.74, 6) is 5.11. The number of carbonyl (C=O) groups is 1. The van der Waals surface area contributed by atoms with Gasteiger partial charge >= 0.3 is 6.18 Å². The summed E-state index contributed by atoms with van der Waals surface area (Å²) in [6.45, 7) is 0. The molecular formula is C12H10F3N3OS2. The molecule has 0 atom stereocenters. The van der Waals surface area contributed by atoms with Gasteiger partial charge in [0.25, 0.3) is 5.91 Å². The summed E-state index contributed by atoms with van der Waals surface area (Å²) in [5.41, 5.74) is 2.02. The number of halogens is 3. The van der Waals surface area contributed by atoms with Crippen LogP contribution in [-0.4, -0.2) is 10.9 Å². The molecule has 2 aromatic heterocycles. The van der Waals surface area contributed by atoms with Gasteiger partial charge in [0.2, 0.25) is 0 Å². The van der Waals surface area contributed by atoms with Crippen molar-refractivity contribution in [2.75, 3.05) is 0 Å². The number of thioether (sulfide) groups is 1. The summed E-state index contributed by atoms with van der Waals surface area (Å²) < 4.78 is 37.2. The Kier molecular flexibility index (Phi) is 4.86. The molecule has 3 N–H and O–H groups in total. The van der Waals surface area contributed by atoms with Gasteiger partial charge in [0, 0.05) is 11.9 Å². The van der Waals surface area contributed by atoms with E-state index in [0.29, 0.717) is 15.7 Å². The minimum atomic E-state index is -4.39. The van der Waals surface area contributed by atoms with Gasteiger partial charge in [0.05, 0.1) is 15.5 Å². The Bertz CT molecular complexity index is 625. The van der Waals surface area contributed by atoms with Crippen LogP contribution in [0.4, 0.5) is 13.2 Å². The fraction of sp³-hybridized carbons (Fsp3) is 0.167. The maximum atomic E-state index is 12.4. The number of nitrogen functional groups attached to an aromatic ring is 1. The molecule has 0 bridgehead atoms. The second-order valence-electron chi connectivity index (χ2n) is 3.92. The first-order valence-corrected chi connectivity index (χ1v) is 7.51. The van der Waals surface area contributed by atoms with Crippen molar-refractivity contribution >= 4 is 29.0 Å². The molecule has 0 aliphatic carbocycles. The molecule has 0 radical (unpaired) electrons. The number of nitrogens with two attached hydrogens (primary N) is 1. The summed E-state index contributed by atoms with van der Waals surface area (Å²) >= 11 is 2.50. The van der Waals surface area contributed by atoms with Crippen molar-refractivity contribution in [2.45, 2.75) is 17.0 Å². The molecule has 2 aromatic rings. The van der Waals surface area contributed by atoms with Gasteiger partial charge in [-0.2, -0.15) is 13.2 Å². The van der Waals surface area contributed by atoms with Crippen LogP contribution in [0.1, 0.15) is 20.8 Å². The standard InChI is InChI=1S/C12H10F3N3OS2/c13-12(14,15)8-1-2-9(17-5-8)21-6-7-3-4-20-10(7)11(19)18-16/h1-5H,6,16H2,(H,18,19). The van der Waals surface area contributed by atoms with Gasteiger partial charge in [0.15, 0.2) is 0 Å². The largest absolute Gasteiger partial charge is 0.417 e. The number of hydrogen-bond acceptors (Lipinski definition) is 5. The van der Waals surface area contributed by atoms with Crippen molar-refractivity contribution in [1.29, 1.82) is 0 Å². The second-order valence-corrected chi connectivity index (χ2v) is 5.83. The molecule has 2 heterocycles.